The summed E-state index contributed by atoms with van der Waals surface area (Å²) in [5.41, 5.74) is 0.157. The molecule has 3 aliphatic carbocycles. The number of rotatable bonds is 7. The van der Waals surface area contributed by atoms with Gasteiger partial charge in [0.25, 0.3) is 0 Å². The number of carbonyl (C=O) groups excluding carboxylic acids is 1. The summed E-state index contributed by atoms with van der Waals surface area (Å²) in [6.45, 7) is 11.4. The van der Waals surface area contributed by atoms with E-state index in [9.17, 15) is 4.79 Å². The molecule has 3 aliphatic rings. The Balaban J connectivity index is 1.89. The zero-order valence-electron chi connectivity index (χ0n) is 15.4. The summed E-state index contributed by atoms with van der Waals surface area (Å²) < 4.78 is 4.74. The Bertz CT molecular complexity index is 416. The Morgan fingerprint density at radius 2 is 1.96 bits per heavy atom. The van der Waals surface area contributed by atoms with E-state index in [0.29, 0.717) is 29.6 Å². The molecule has 0 aromatic rings. The van der Waals surface area contributed by atoms with Crippen LogP contribution in [0.2, 0.25) is 0 Å². The van der Waals surface area contributed by atoms with Crippen LogP contribution in [0, 0.1) is 29.1 Å². The molecule has 1 unspecified atom stereocenters. The lowest BCUT2D eigenvalue weighted by molar-refractivity contribution is -0.359. The van der Waals surface area contributed by atoms with Crippen molar-refractivity contribution >= 4 is 17.7 Å². The van der Waals surface area contributed by atoms with Gasteiger partial charge in [-0.25, -0.2) is 9.78 Å². The number of esters is 1. The first kappa shape index (κ1) is 19.1. The quantitative estimate of drug-likeness (QED) is 0.398. The minimum Gasteiger partial charge on any atom is -0.468 e. The van der Waals surface area contributed by atoms with Crippen LogP contribution in [0.3, 0.4) is 0 Å². The number of hydrogen-bond donors (Lipinski definition) is 0. The average Bonchev–Trinajstić information content (AvgIpc) is 2.46. The van der Waals surface area contributed by atoms with Crippen LogP contribution in [0.5, 0.6) is 0 Å². The minimum absolute atomic E-state index is 0.138. The van der Waals surface area contributed by atoms with Gasteiger partial charge in [0.05, 0.1) is 25.1 Å². The Labute approximate surface area is 144 Å². The minimum atomic E-state index is -0.272. The van der Waals surface area contributed by atoms with E-state index in [0.717, 1.165) is 17.6 Å². The van der Waals surface area contributed by atoms with Crippen LogP contribution >= 0.6 is 11.8 Å². The fourth-order valence-electron chi connectivity index (χ4n) is 4.13. The van der Waals surface area contributed by atoms with Crippen molar-refractivity contribution in [2.24, 2.45) is 29.1 Å². The smallest absolute Gasteiger partial charge is 0.315 e. The maximum atomic E-state index is 11.3. The fraction of sp³-hybridized carbons (Fsp3) is 0.944. The van der Waals surface area contributed by atoms with Crippen LogP contribution < -0.4 is 0 Å². The van der Waals surface area contributed by atoms with E-state index in [1.807, 2.05) is 20.8 Å². The van der Waals surface area contributed by atoms with Crippen LogP contribution in [-0.4, -0.2) is 36.8 Å². The predicted octanol–water partition coefficient (Wildman–Crippen LogP) is 3.94. The third-order valence-corrected chi connectivity index (χ3v) is 6.67. The second-order valence-electron chi connectivity index (χ2n) is 8.59. The van der Waals surface area contributed by atoms with Gasteiger partial charge < -0.3 is 4.74 Å². The molecule has 23 heavy (non-hydrogen) atoms. The normalized spacial score (nSPS) is 32.3. The Morgan fingerprint density at radius 3 is 2.52 bits per heavy atom. The summed E-state index contributed by atoms with van der Waals surface area (Å²) in [7, 11) is 1.45. The molecule has 0 spiro atoms. The van der Waals surface area contributed by atoms with E-state index < -0.39 is 0 Å². The molecule has 0 aromatic heterocycles. The fourth-order valence-corrected chi connectivity index (χ4v) is 5.31. The highest BCUT2D eigenvalue weighted by molar-refractivity contribution is 7.99. The van der Waals surface area contributed by atoms with E-state index in [1.54, 1.807) is 11.8 Å². The van der Waals surface area contributed by atoms with Crippen LogP contribution in [0.15, 0.2) is 0 Å². The molecule has 134 valence electrons. The monoisotopic (exact) mass is 344 g/mol. The van der Waals surface area contributed by atoms with Gasteiger partial charge in [0.1, 0.15) is 0 Å². The molecule has 4 nitrogen and oxygen atoms in total. The number of thioether (sulfide) groups is 1. The lowest BCUT2D eigenvalue weighted by atomic mass is 9.43. The lowest BCUT2D eigenvalue weighted by Gasteiger charge is -2.62. The number of carbonyl (C=O) groups is 1. The number of hydrogen-bond acceptors (Lipinski definition) is 5. The molecular formula is C18H32O4S. The molecular weight excluding hydrogens is 312 g/mol. The predicted molar refractivity (Wildman–Crippen MR) is 93.1 cm³/mol. The summed E-state index contributed by atoms with van der Waals surface area (Å²) in [4.78, 5) is 22.4. The maximum Gasteiger partial charge on any atom is 0.315 e. The molecule has 0 heterocycles. The molecule has 4 atom stereocenters. The van der Waals surface area contributed by atoms with Gasteiger partial charge in [0.2, 0.25) is 0 Å². The molecule has 0 aromatic carbocycles. The SMILES string of the molecule is COC(=O)CSCC1[C@@H](COOC(C)(C)C)C[C@H]2C[C@@H]1C2(C)C. The van der Waals surface area contributed by atoms with E-state index in [-0.39, 0.29) is 11.6 Å². The van der Waals surface area contributed by atoms with Crippen LogP contribution in [-0.2, 0) is 19.3 Å². The molecule has 0 N–H and O–H groups in total. The molecule has 5 heteroatoms. The number of ether oxygens (including phenoxy) is 1. The van der Waals surface area contributed by atoms with Gasteiger partial charge in [0.15, 0.2) is 0 Å². The maximum absolute atomic E-state index is 11.3. The summed E-state index contributed by atoms with van der Waals surface area (Å²) in [6.07, 6.45) is 2.54. The highest BCUT2D eigenvalue weighted by Gasteiger charge is 2.57. The van der Waals surface area contributed by atoms with Crippen molar-refractivity contribution in [3.63, 3.8) is 0 Å². The first-order chi connectivity index (χ1) is 10.6. The van der Waals surface area contributed by atoms with Gasteiger partial charge in [-0.2, -0.15) is 0 Å². The first-order valence-corrected chi connectivity index (χ1v) is 9.76. The zero-order chi connectivity index (χ0) is 17.3. The van der Waals surface area contributed by atoms with Crippen LogP contribution in [0.1, 0.15) is 47.5 Å². The molecule has 0 aliphatic heterocycles. The Kier molecular flexibility index (Phi) is 6.07. The van der Waals surface area contributed by atoms with Gasteiger partial charge in [-0.15, -0.1) is 11.8 Å². The lowest BCUT2D eigenvalue weighted by Crippen LogP contribution is -2.57. The number of fused-ring (bicyclic) bond motifs is 2. The Hall–Kier alpha value is -0.260. The largest absolute Gasteiger partial charge is 0.468 e. The van der Waals surface area contributed by atoms with Crippen molar-refractivity contribution in [1.29, 1.82) is 0 Å². The van der Waals surface area contributed by atoms with Gasteiger partial charge >= 0.3 is 5.97 Å². The van der Waals surface area contributed by atoms with Gasteiger partial charge in [-0.05, 0) is 68.5 Å². The highest BCUT2D eigenvalue weighted by atomic mass is 32.2. The average molecular weight is 345 g/mol. The molecule has 2 bridgehead atoms. The van der Waals surface area contributed by atoms with E-state index in [1.165, 1.54) is 20.0 Å². The van der Waals surface area contributed by atoms with Gasteiger partial charge in [-0.3, -0.25) is 4.79 Å². The molecule has 0 amide bonds. The molecule has 3 fully saturated rings. The van der Waals surface area contributed by atoms with Crippen molar-refractivity contribution in [2.75, 3.05) is 25.2 Å². The van der Waals surface area contributed by atoms with Crippen molar-refractivity contribution in [3.8, 4) is 0 Å². The van der Waals surface area contributed by atoms with E-state index >= 15 is 0 Å². The van der Waals surface area contributed by atoms with Crippen LogP contribution in [0.4, 0.5) is 0 Å². The molecule has 0 radical (unpaired) electrons. The standard InChI is InChI=1S/C18H32O4S/c1-17(2,3)22-21-9-12-7-13-8-15(18(13,4)5)14(12)10-23-11-16(19)20-6/h12-15H,7-11H2,1-6H3/t12-,13+,14?,15+/m1/s1. The molecule has 3 rings (SSSR count). The van der Waals surface area contributed by atoms with Gasteiger partial charge in [-0.1, -0.05) is 13.8 Å². The van der Waals surface area contributed by atoms with E-state index in [4.69, 9.17) is 14.5 Å². The van der Waals surface area contributed by atoms with Gasteiger partial charge in [0, 0.05) is 0 Å². The van der Waals surface area contributed by atoms with Crippen molar-refractivity contribution in [3.05, 3.63) is 0 Å². The number of methoxy groups -OCH3 is 1. The molecule has 3 saturated carbocycles. The summed E-state index contributed by atoms with van der Waals surface area (Å²) in [5.74, 6) is 3.95. The van der Waals surface area contributed by atoms with Crippen molar-refractivity contribution in [1.82, 2.24) is 0 Å². The second kappa shape index (κ2) is 7.32. The van der Waals surface area contributed by atoms with Crippen LogP contribution in [0.25, 0.3) is 0 Å². The molecule has 0 saturated heterocycles. The van der Waals surface area contributed by atoms with Crippen molar-refractivity contribution in [2.45, 2.75) is 53.1 Å². The third kappa shape index (κ3) is 4.64. The third-order valence-electron chi connectivity index (χ3n) is 5.60. The van der Waals surface area contributed by atoms with E-state index in [2.05, 4.69) is 13.8 Å². The summed E-state index contributed by atoms with van der Waals surface area (Å²) in [6, 6.07) is 0. The topological polar surface area (TPSA) is 44.8 Å². The zero-order valence-corrected chi connectivity index (χ0v) is 16.2. The summed E-state index contributed by atoms with van der Waals surface area (Å²) in [5, 5.41) is 0. The van der Waals surface area contributed by atoms with Crippen molar-refractivity contribution < 1.29 is 19.3 Å². The summed E-state index contributed by atoms with van der Waals surface area (Å²) >= 11 is 1.69. The Morgan fingerprint density at radius 1 is 1.26 bits per heavy atom. The first-order valence-electron chi connectivity index (χ1n) is 8.60. The highest BCUT2D eigenvalue weighted by Crippen LogP contribution is 2.63. The second-order valence-corrected chi connectivity index (χ2v) is 9.62.